The maximum Gasteiger partial charge on any atom is 0.264 e. The molecule has 3 aliphatic rings. The number of hydrogen-bond donors (Lipinski definition) is 4. The second-order valence-corrected chi connectivity index (χ2v) is 15.2. The fraction of sp³-hybridized carbons (Fsp3) is 0.342. The van der Waals surface area contributed by atoms with Gasteiger partial charge in [0.2, 0.25) is 23.6 Å². The van der Waals surface area contributed by atoms with Gasteiger partial charge in [0.25, 0.3) is 11.8 Å². The number of aryl methyl sites for hydroxylation is 2. The van der Waals surface area contributed by atoms with Crippen molar-refractivity contribution in [2.75, 3.05) is 25.0 Å². The zero-order valence-corrected chi connectivity index (χ0v) is 31.9. The maximum absolute atomic E-state index is 13.3. The van der Waals surface area contributed by atoms with Gasteiger partial charge < -0.3 is 16.0 Å². The third kappa shape index (κ3) is 7.38. The van der Waals surface area contributed by atoms with Gasteiger partial charge >= 0.3 is 0 Å². The number of rotatable bonds is 12. The molecule has 6 amide bonds. The Kier molecular flexibility index (Phi) is 10.6. The second-order valence-electron chi connectivity index (χ2n) is 13.5. The van der Waals surface area contributed by atoms with E-state index in [0.29, 0.717) is 42.6 Å². The van der Waals surface area contributed by atoms with Crippen molar-refractivity contribution in [2.24, 2.45) is 4.99 Å². The Morgan fingerprint density at radius 1 is 0.927 bits per heavy atom. The van der Waals surface area contributed by atoms with Gasteiger partial charge in [0, 0.05) is 46.2 Å². The van der Waals surface area contributed by atoms with Crippen LogP contribution in [0.25, 0.3) is 5.00 Å². The van der Waals surface area contributed by atoms with Gasteiger partial charge in [-0.1, -0.05) is 29.8 Å². The molecule has 0 aliphatic carbocycles. The fourth-order valence-electron chi connectivity index (χ4n) is 6.99. The topological polar surface area (TPSA) is 197 Å². The molecule has 7 rings (SSSR count). The molecule has 17 heteroatoms. The molecule has 2 atom stereocenters. The van der Waals surface area contributed by atoms with Crippen LogP contribution >= 0.6 is 22.9 Å². The monoisotopic (exact) mass is 783 g/mol. The average molecular weight is 784 g/mol. The predicted molar refractivity (Wildman–Crippen MR) is 205 cm³/mol. The van der Waals surface area contributed by atoms with E-state index in [1.165, 1.54) is 6.07 Å². The van der Waals surface area contributed by atoms with E-state index < -0.39 is 35.7 Å². The molecule has 0 radical (unpaired) electrons. The molecule has 1 saturated heterocycles. The quantitative estimate of drug-likeness (QED) is 0.122. The molecule has 0 bridgehead atoms. The minimum absolute atomic E-state index is 0.0184. The minimum atomic E-state index is -1.08. The number of thiophene rings is 1. The van der Waals surface area contributed by atoms with E-state index in [-0.39, 0.29) is 54.4 Å². The molecule has 4 N–H and O–H groups in total. The van der Waals surface area contributed by atoms with E-state index in [0.717, 1.165) is 37.2 Å². The van der Waals surface area contributed by atoms with Crippen molar-refractivity contribution < 1.29 is 28.8 Å². The van der Waals surface area contributed by atoms with Gasteiger partial charge in [-0.15, -0.1) is 21.5 Å². The van der Waals surface area contributed by atoms with E-state index in [1.807, 2.05) is 35.8 Å². The van der Waals surface area contributed by atoms with Gasteiger partial charge in [-0.3, -0.25) is 48.5 Å². The summed E-state index contributed by atoms with van der Waals surface area (Å²) >= 11 is 7.85. The molecule has 3 aliphatic heterocycles. The predicted octanol–water partition coefficient (Wildman–Crippen LogP) is 3.72. The summed E-state index contributed by atoms with van der Waals surface area (Å²) in [7, 11) is 0. The number of aliphatic imine (C=N–C) groups is 1. The smallest absolute Gasteiger partial charge is 0.264 e. The first-order valence-corrected chi connectivity index (χ1v) is 19.1. The SMILES string of the molecule is Cc1sc2c(c1C)C(c1ccc(Cl)cc1)=N[C@@H](CC(=O)NCCCCNC(=O)CNc1cccc3c1C(=O)N(C1CCC(=O)NC1=O)C3=O)c1nnc(C)n1-2. The fourth-order valence-corrected chi connectivity index (χ4v) is 8.33. The van der Waals surface area contributed by atoms with Crippen LogP contribution in [-0.4, -0.2) is 86.5 Å². The summed E-state index contributed by atoms with van der Waals surface area (Å²) in [6, 6.07) is 10.5. The van der Waals surface area contributed by atoms with Crippen molar-refractivity contribution in [1.29, 1.82) is 0 Å². The normalized spacial score (nSPS) is 17.5. The number of carbonyl (C=O) groups is 6. The minimum Gasteiger partial charge on any atom is -0.375 e. The number of imide groups is 2. The number of anilines is 1. The summed E-state index contributed by atoms with van der Waals surface area (Å²) in [5.41, 5.74) is 4.24. The van der Waals surface area contributed by atoms with E-state index >= 15 is 0 Å². The third-order valence-corrected chi connectivity index (χ3v) is 11.3. The summed E-state index contributed by atoms with van der Waals surface area (Å²) in [6.07, 6.45) is 1.33. The van der Waals surface area contributed by atoms with Gasteiger partial charge in [0.1, 0.15) is 22.9 Å². The van der Waals surface area contributed by atoms with E-state index in [4.69, 9.17) is 16.6 Å². The van der Waals surface area contributed by atoms with Crippen LogP contribution in [0.1, 0.15) is 92.1 Å². The molecule has 55 heavy (non-hydrogen) atoms. The lowest BCUT2D eigenvalue weighted by molar-refractivity contribution is -0.136. The number of aromatic nitrogens is 3. The number of hydrogen-bond acceptors (Lipinski definition) is 11. The molecular weight excluding hydrogens is 746 g/mol. The standard InChI is InChI=1S/C38H38ClN9O6S/c1-19-20(2)55-38-31(19)33(22-9-11-23(39)12-10-22)43-26(34-46-45-21(3)47(34)38)17-29(50)40-15-4-5-16-41-30(51)18-42-25-8-6-7-24-32(25)37(54)48(36(24)53)27-13-14-28(49)44-35(27)52/h6-12,26-27,42H,4-5,13-18H2,1-3H3,(H,40,50)(H,41,51)(H,44,49,52)/t26-,27?/m0/s1. The van der Waals surface area contributed by atoms with Crippen molar-refractivity contribution in [1.82, 2.24) is 35.6 Å². The molecule has 2 aromatic heterocycles. The van der Waals surface area contributed by atoms with Crippen LogP contribution in [0, 0.1) is 20.8 Å². The number of halogens is 1. The summed E-state index contributed by atoms with van der Waals surface area (Å²) in [6.45, 7) is 6.61. The maximum atomic E-state index is 13.3. The van der Waals surface area contributed by atoms with Gasteiger partial charge in [-0.25, -0.2) is 0 Å². The molecule has 2 aromatic carbocycles. The number of unbranched alkanes of at least 4 members (excludes halogenated alkanes) is 1. The van der Waals surface area contributed by atoms with Crippen LogP contribution in [0.2, 0.25) is 5.02 Å². The average Bonchev–Trinajstić information content (AvgIpc) is 3.73. The molecule has 0 saturated carbocycles. The second kappa shape index (κ2) is 15.5. The lowest BCUT2D eigenvalue weighted by Gasteiger charge is -2.27. The number of benzene rings is 2. The van der Waals surface area contributed by atoms with Gasteiger partial charge in [-0.05, 0) is 69.9 Å². The van der Waals surface area contributed by atoms with Crippen LogP contribution in [0.5, 0.6) is 0 Å². The first-order valence-electron chi connectivity index (χ1n) is 17.9. The van der Waals surface area contributed by atoms with Crippen LogP contribution in [0.15, 0.2) is 47.5 Å². The highest BCUT2D eigenvalue weighted by molar-refractivity contribution is 7.15. The number of nitrogens with zero attached hydrogens (tertiary/aromatic N) is 5. The van der Waals surface area contributed by atoms with E-state index in [1.54, 1.807) is 23.5 Å². The Labute approximate surface area is 324 Å². The highest BCUT2D eigenvalue weighted by atomic mass is 35.5. The molecule has 284 valence electrons. The largest absolute Gasteiger partial charge is 0.375 e. The highest BCUT2D eigenvalue weighted by Crippen LogP contribution is 2.39. The summed E-state index contributed by atoms with van der Waals surface area (Å²) in [5.74, 6) is -1.65. The van der Waals surface area contributed by atoms with Crippen molar-refractivity contribution in [3.8, 4) is 5.00 Å². The first kappa shape index (κ1) is 37.6. The number of nitrogens with one attached hydrogen (secondary N) is 4. The molecule has 5 heterocycles. The van der Waals surface area contributed by atoms with Crippen molar-refractivity contribution >= 4 is 69.8 Å². The zero-order valence-electron chi connectivity index (χ0n) is 30.3. The van der Waals surface area contributed by atoms with Crippen LogP contribution in [0.3, 0.4) is 0 Å². The zero-order chi connectivity index (χ0) is 39.0. The number of fused-ring (bicyclic) bond motifs is 4. The van der Waals surface area contributed by atoms with Crippen LogP contribution < -0.4 is 21.3 Å². The molecule has 4 aromatic rings. The van der Waals surface area contributed by atoms with Crippen molar-refractivity contribution in [3.63, 3.8) is 0 Å². The summed E-state index contributed by atoms with van der Waals surface area (Å²) in [5, 5.41) is 21.3. The van der Waals surface area contributed by atoms with Gasteiger partial charge in [-0.2, -0.15) is 0 Å². The Balaban J connectivity index is 0.906. The third-order valence-electron chi connectivity index (χ3n) is 9.89. The number of carbonyl (C=O) groups excluding carboxylic acids is 6. The van der Waals surface area contributed by atoms with E-state index in [9.17, 15) is 28.8 Å². The van der Waals surface area contributed by atoms with Gasteiger partial charge in [0.15, 0.2) is 5.82 Å². The summed E-state index contributed by atoms with van der Waals surface area (Å²) < 4.78 is 2.00. The molecule has 1 unspecified atom stereocenters. The molecule has 15 nitrogen and oxygen atoms in total. The van der Waals surface area contributed by atoms with Crippen LogP contribution in [0.4, 0.5) is 5.69 Å². The van der Waals surface area contributed by atoms with Gasteiger partial charge in [0.05, 0.1) is 29.8 Å². The first-order chi connectivity index (χ1) is 26.4. The van der Waals surface area contributed by atoms with E-state index in [2.05, 4.69) is 45.3 Å². The molecule has 0 spiro atoms. The Morgan fingerprint density at radius 3 is 2.38 bits per heavy atom. The molecular formula is C38H38ClN9O6S. The highest BCUT2D eigenvalue weighted by Gasteiger charge is 2.45. The Hall–Kier alpha value is -5.74. The number of piperidine rings is 1. The van der Waals surface area contributed by atoms with Crippen molar-refractivity contribution in [3.05, 3.63) is 91.8 Å². The number of amides is 6. The lowest BCUT2D eigenvalue weighted by atomic mass is 9.99. The Morgan fingerprint density at radius 2 is 1.65 bits per heavy atom. The Bertz CT molecular complexity index is 2280. The summed E-state index contributed by atoms with van der Waals surface area (Å²) in [4.78, 5) is 83.5. The van der Waals surface area contributed by atoms with Crippen LogP contribution in [-0.2, 0) is 19.2 Å². The lowest BCUT2D eigenvalue weighted by Crippen LogP contribution is -2.54. The molecule has 1 fully saturated rings. The van der Waals surface area contributed by atoms with Crippen molar-refractivity contribution in [2.45, 2.75) is 65.0 Å².